The Kier molecular flexibility index (Phi) is 4.00. The fourth-order valence-corrected chi connectivity index (χ4v) is 1.53. The molecule has 1 rings (SSSR count). The Labute approximate surface area is 87.6 Å². The molecule has 0 aromatic heterocycles. The van der Waals surface area contributed by atoms with Gasteiger partial charge in [-0.25, -0.2) is 0 Å². The number of hydrogen-bond donors (Lipinski definition) is 1. The van der Waals surface area contributed by atoms with Gasteiger partial charge in [0.2, 0.25) is 0 Å². The zero-order valence-electron chi connectivity index (χ0n) is 7.26. The van der Waals surface area contributed by atoms with Crippen LogP contribution in [0, 0.1) is 0 Å². The zero-order chi connectivity index (χ0) is 9.84. The molecule has 0 aliphatic heterocycles. The van der Waals surface area contributed by atoms with Crippen molar-refractivity contribution in [1.82, 2.24) is 0 Å². The molecule has 0 aliphatic rings. The summed E-state index contributed by atoms with van der Waals surface area (Å²) in [6.07, 6.45) is -0.189. The molecule has 0 saturated heterocycles. The summed E-state index contributed by atoms with van der Waals surface area (Å²) < 4.78 is 5.15. The van der Waals surface area contributed by atoms with Crippen molar-refractivity contribution in [3.8, 4) is 0 Å². The number of benzene rings is 1. The summed E-state index contributed by atoms with van der Waals surface area (Å²) in [6.45, 7) is 0.385. The largest absolute Gasteiger partial charge is 0.375 e. The first-order valence-electron chi connectivity index (χ1n) is 3.87. The van der Waals surface area contributed by atoms with Crippen LogP contribution in [-0.2, 0) is 4.74 Å². The van der Waals surface area contributed by atoms with Crippen LogP contribution < -0.4 is 5.73 Å². The Morgan fingerprint density at radius 1 is 1.46 bits per heavy atom. The minimum Gasteiger partial charge on any atom is -0.375 e. The first-order valence-corrected chi connectivity index (χ1v) is 4.62. The maximum atomic E-state index is 5.95. The summed E-state index contributed by atoms with van der Waals surface area (Å²) in [6, 6.07) is 5.24. The van der Waals surface area contributed by atoms with Crippen LogP contribution in [0.15, 0.2) is 18.2 Å². The molecule has 2 nitrogen and oxygen atoms in total. The second-order valence-corrected chi connectivity index (χ2v) is 3.47. The van der Waals surface area contributed by atoms with Gasteiger partial charge in [0.05, 0.1) is 6.10 Å². The van der Waals surface area contributed by atoms with E-state index < -0.39 is 0 Å². The van der Waals surface area contributed by atoms with Gasteiger partial charge < -0.3 is 10.5 Å². The third kappa shape index (κ3) is 2.58. The standard InChI is InChI=1S/C9H11Cl2NO/c1-13-9(5-12)7-4-6(10)2-3-8(7)11/h2-4,9H,5,12H2,1H3/t9-/m0/s1. The average Bonchev–Trinajstić information content (AvgIpc) is 2.13. The lowest BCUT2D eigenvalue weighted by Crippen LogP contribution is -2.14. The van der Waals surface area contributed by atoms with Crippen LogP contribution >= 0.6 is 23.2 Å². The number of methoxy groups -OCH3 is 1. The van der Waals surface area contributed by atoms with E-state index in [9.17, 15) is 0 Å². The molecule has 13 heavy (non-hydrogen) atoms. The first kappa shape index (κ1) is 10.8. The average molecular weight is 220 g/mol. The zero-order valence-corrected chi connectivity index (χ0v) is 8.77. The van der Waals surface area contributed by atoms with Gasteiger partial charge in [-0.1, -0.05) is 23.2 Å². The maximum Gasteiger partial charge on any atom is 0.0958 e. The van der Waals surface area contributed by atoms with Crippen molar-refractivity contribution in [2.45, 2.75) is 6.10 Å². The molecule has 1 aromatic rings. The topological polar surface area (TPSA) is 35.2 Å². The van der Waals surface area contributed by atoms with E-state index in [0.29, 0.717) is 16.6 Å². The lowest BCUT2D eigenvalue weighted by Gasteiger charge is -2.14. The maximum absolute atomic E-state index is 5.95. The third-order valence-electron chi connectivity index (χ3n) is 1.80. The normalized spacial score (nSPS) is 12.9. The van der Waals surface area contributed by atoms with E-state index >= 15 is 0 Å². The quantitative estimate of drug-likeness (QED) is 0.849. The van der Waals surface area contributed by atoms with Gasteiger partial charge in [0.1, 0.15) is 0 Å². The molecular formula is C9H11Cl2NO. The van der Waals surface area contributed by atoms with Crippen molar-refractivity contribution in [3.63, 3.8) is 0 Å². The highest BCUT2D eigenvalue weighted by atomic mass is 35.5. The van der Waals surface area contributed by atoms with E-state index in [0.717, 1.165) is 5.56 Å². The van der Waals surface area contributed by atoms with Gasteiger partial charge in [0, 0.05) is 29.3 Å². The Morgan fingerprint density at radius 2 is 2.15 bits per heavy atom. The number of rotatable bonds is 3. The minimum atomic E-state index is -0.189. The van der Waals surface area contributed by atoms with Gasteiger partial charge in [0.15, 0.2) is 0 Å². The van der Waals surface area contributed by atoms with Crippen LogP contribution in [0.1, 0.15) is 11.7 Å². The van der Waals surface area contributed by atoms with Gasteiger partial charge in [-0.2, -0.15) is 0 Å². The van der Waals surface area contributed by atoms with Gasteiger partial charge in [0.25, 0.3) is 0 Å². The first-order chi connectivity index (χ1) is 6.19. The third-order valence-corrected chi connectivity index (χ3v) is 2.38. The molecular weight excluding hydrogens is 209 g/mol. The highest BCUT2D eigenvalue weighted by molar-refractivity contribution is 6.33. The lowest BCUT2D eigenvalue weighted by atomic mass is 10.1. The highest BCUT2D eigenvalue weighted by Gasteiger charge is 2.12. The molecule has 0 spiro atoms. The van der Waals surface area contributed by atoms with Crippen molar-refractivity contribution in [2.24, 2.45) is 5.73 Å². The number of hydrogen-bond acceptors (Lipinski definition) is 2. The smallest absolute Gasteiger partial charge is 0.0958 e. The van der Waals surface area contributed by atoms with Gasteiger partial charge >= 0.3 is 0 Å². The van der Waals surface area contributed by atoms with Crippen molar-refractivity contribution in [2.75, 3.05) is 13.7 Å². The molecule has 0 bridgehead atoms. The molecule has 4 heteroatoms. The molecule has 1 aromatic carbocycles. The second kappa shape index (κ2) is 4.82. The minimum absolute atomic E-state index is 0.189. The molecule has 0 aliphatic carbocycles. The molecule has 1 atom stereocenters. The molecule has 0 fully saturated rings. The van der Waals surface area contributed by atoms with Crippen molar-refractivity contribution >= 4 is 23.2 Å². The predicted molar refractivity (Wildman–Crippen MR) is 55.3 cm³/mol. The summed E-state index contributed by atoms with van der Waals surface area (Å²) in [4.78, 5) is 0. The molecule has 0 saturated carbocycles. The van der Waals surface area contributed by atoms with Gasteiger partial charge in [-0.05, 0) is 18.2 Å². The van der Waals surface area contributed by atoms with E-state index in [-0.39, 0.29) is 6.10 Å². The molecule has 0 heterocycles. The van der Waals surface area contributed by atoms with Crippen LogP contribution in [0.3, 0.4) is 0 Å². The van der Waals surface area contributed by atoms with E-state index in [1.807, 2.05) is 0 Å². The molecule has 72 valence electrons. The van der Waals surface area contributed by atoms with Crippen molar-refractivity contribution in [3.05, 3.63) is 33.8 Å². The predicted octanol–water partition coefficient (Wildman–Crippen LogP) is 2.64. The van der Waals surface area contributed by atoms with Crippen LogP contribution in [-0.4, -0.2) is 13.7 Å². The van der Waals surface area contributed by atoms with E-state index in [2.05, 4.69) is 0 Å². The Hall–Kier alpha value is -0.280. The molecule has 0 amide bonds. The van der Waals surface area contributed by atoms with Crippen LogP contribution in [0.4, 0.5) is 0 Å². The number of ether oxygens (including phenoxy) is 1. The van der Waals surface area contributed by atoms with Crippen molar-refractivity contribution < 1.29 is 4.74 Å². The van der Waals surface area contributed by atoms with Gasteiger partial charge in [-0.3, -0.25) is 0 Å². The van der Waals surface area contributed by atoms with Gasteiger partial charge in [-0.15, -0.1) is 0 Å². The van der Waals surface area contributed by atoms with E-state index in [4.69, 9.17) is 33.7 Å². The van der Waals surface area contributed by atoms with E-state index in [1.54, 1.807) is 25.3 Å². The summed E-state index contributed by atoms with van der Waals surface area (Å²) in [5.41, 5.74) is 6.34. The second-order valence-electron chi connectivity index (χ2n) is 2.63. The summed E-state index contributed by atoms with van der Waals surface area (Å²) in [5.74, 6) is 0. The highest BCUT2D eigenvalue weighted by Crippen LogP contribution is 2.27. The van der Waals surface area contributed by atoms with Crippen molar-refractivity contribution in [1.29, 1.82) is 0 Å². The van der Waals surface area contributed by atoms with Crippen LogP contribution in [0.25, 0.3) is 0 Å². The molecule has 2 N–H and O–H groups in total. The summed E-state index contributed by atoms with van der Waals surface area (Å²) in [5, 5.41) is 1.26. The fraction of sp³-hybridized carbons (Fsp3) is 0.333. The van der Waals surface area contributed by atoms with Crippen LogP contribution in [0.5, 0.6) is 0 Å². The van der Waals surface area contributed by atoms with Crippen LogP contribution in [0.2, 0.25) is 10.0 Å². The molecule has 0 unspecified atom stereocenters. The SMILES string of the molecule is CO[C@@H](CN)c1cc(Cl)ccc1Cl. The summed E-state index contributed by atoms with van der Waals surface area (Å²) in [7, 11) is 1.59. The Balaban J connectivity index is 3.03. The number of nitrogens with two attached hydrogens (primary N) is 1. The number of halogens is 2. The Morgan fingerprint density at radius 3 is 2.69 bits per heavy atom. The Bertz CT molecular complexity index is 287. The summed E-state index contributed by atoms with van der Waals surface area (Å²) >= 11 is 11.8. The monoisotopic (exact) mass is 219 g/mol. The van der Waals surface area contributed by atoms with E-state index in [1.165, 1.54) is 0 Å². The fourth-order valence-electron chi connectivity index (χ4n) is 1.11. The molecule has 0 radical (unpaired) electrons. The lowest BCUT2D eigenvalue weighted by molar-refractivity contribution is 0.110.